The van der Waals surface area contributed by atoms with Gasteiger partial charge in [0.1, 0.15) is 6.04 Å². The van der Waals surface area contributed by atoms with Crippen LogP contribution in [0.25, 0.3) is 0 Å². The number of carboxylic acids is 1. The minimum Gasteiger partial charge on any atom is -0.480 e. The minimum absolute atomic E-state index is 0.00893. The van der Waals surface area contributed by atoms with Crippen LogP contribution in [0.15, 0.2) is 30.3 Å². The molecule has 0 aliphatic heterocycles. The molecular formula is C13H20N2O3. The number of benzene rings is 1. The smallest absolute Gasteiger partial charge is 0.320 e. The summed E-state index contributed by atoms with van der Waals surface area (Å²) in [4.78, 5) is 10.5. The first-order valence-corrected chi connectivity index (χ1v) is 6.02. The van der Waals surface area contributed by atoms with E-state index in [2.05, 4.69) is 5.32 Å². The number of hydrogen-bond donors (Lipinski definition) is 4. The highest BCUT2D eigenvalue weighted by molar-refractivity contribution is 5.72. The van der Waals surface area contributed by atoms with E-state index in [1.807, 2.05) is 30.3 Å². The maximum atomic E-state index is 10.5. The van der Waals surface area contributed by atoms with Gasteiger partial charge < -0.3 is 21.3 Å². The van der Waals surface area contributed by atoms with Gasteiger partial charge in [0.05, 0.1) is 12.6 Å². The Kier molecular flexibility index (Phi) is 6.35. The van der Waals surface area contributed by atoms with E-state index in [4.69, 9.17) is 10.8 Å². The summed E-state index contributed by atoms with van der Waals surface area (Å²) in [6, 6.07) is 8.71. The Hall–Kier alpha value is -1.43. The summed E-state index contributed by atoms with van der Waals surface area (Å²) in [5, 5.41) is 21.1. The average molecular weight is 252 g/mol. The lowest BCUT2D eigenvalue weighted by atomic mass is 10.1. The molecule has 18 heavy (non-hydrogen) atoms. The van der Waals surface area contributed by atoms with Gasteiger partial charge in [-0.3, -0.25) is 4.79 Å². The molecule has 2 atom stereocenters. The van der Waals surface area contributed by atoms with Crippen molar-refractivity contribution in [1.82, 2.24) is 5.32 Å². The molecule has 0 bridgehead atoms. The van der Waals surface area contributed by atoms with Crippen molar-refractivity contribution in [3.8, 4) is 0 Å². The Morgan fingerprint density at radius 1 is 1.33 bits per heavy atom. The van der Waals surface area contributed by atoms with E-state index in [0.29, 0.717) is 19.4 Å². The van der Waals surface area contributed by atoms with E-state index in [1.165, 1.54) is 0 Å². The highest BCUT2D eigenvalue weighted by atomic mass is 16.4. The van der Waals surface area contributed by atoms with Gasteiger partial charge in [-0.25, -0.2) is 0 Å². The third-order valence-corrected chi connectivity index (χ3v) is 2.78. The normalized spacial score (nSPS) is 14.1. The molecule has 0 saturated heterocycles. The molecule has 0 spiro atoms. The van der Waals surface area contributed by atoms with Gasteiger partial charge in [-0.15, -0.1) is 0 Å². The van der Waals surface area contributed by atoms with Crippen LogP contribution in [0.3, 0.4) is 0 Å². The Morgan fingerprint density at radius 3 is 2.56 bits per heavy atom. The van der Waals surface area contributed by atoms with Crippen LogP contribution in [-0.4, -0.2) is 35.4 Å². The SMILES string of the molecule is NC(CCCNC(CO)c1ccccc1)C(=O)O. The highest BCUT2D eigenvalue weighted by Crippen LogP contribution is 2.11. The van der Waals surface area contributed by atoms with Crippen molar-refractivity contribution in [3.63, 3.8) is 0 Å². The quantitative estimate of drug-likeness (QED) is 0.505. The Labute approximate surface area is 107 Å². The van der Waals surface area contributed by atoms with Crippen LogP contribution in [0.5, 0.6) is 0 Å². The molecule has 0 aromatic heterocycles. The molecule has 0 saturated carbocycles. The number of aliphatic hydroxyl groups excluding tert-OH is 1. The topological polar surface area (TPSA) is 95.6 Å². The predicted molar refractivity (Wildman–Crippen MR) is 69.1 cm³/mol. The summed E-state index contributed by atoms with van der Waals surface area (Å²) in [6.45, 7) is 0.635. The Bertz CT molecular complexity index is 357. The lowest BCUT2D eigenvalue weighted by molar-refractivity contribution is -0.138. The van der Waals surface area contributed by atoms with E-state index < -0.39 is 12.0 Å². The van der Waals surface area contributed by atoms with Crippen molar-refractivity contribution >= 4 is 5.97 Å². The third-order valence-electron chi connectivity index (χ3n) is 2.78. The second kappa shape index (κ2) is 7.81. The molecule has 100 valence electrons. The van der Waals surface area contributed by atoms with Crippen LogP contribution in [0, 0.1) is 0 Å². The molecule has 0 fully saturated rings. The van der Waals surface area contributed by atoms with E-state index in [0.717, 1.165) is 5.56 Å². The minimum atomic E-state index is -0.975. The molecule has 0 radical (unpaired) electrons. The average Bonchev–Trinajstić information content (AvgIpc) is 2.39. The maximum absolute atomic E-state index is 10.5. The molecule has 1 aromatic rings. The predicted octanol–water partition coefficient (Wildman–Crippen LogP) is 0.502. The number of rotatable bonds is 8. The molecule has 2 unspecified atom stereocenters. The van der Waals surface area contributed by atoms with Gasteiger partial charge >= 0.3 is 5.97 Å². The number of aliphatic hydroxyl groups is 1. The van der Waals surface area contributed by atoms with Gasteiger partial charge in [-0.1, -0.05) is 30.3 Å². The van der Waals surface area contributed by atoms with Gasteiger partial charge in [0.25, 0.3) is 0 Å². The lowest BCUT2D eigenvalue weighted by Gasteiger charge is -2.17. The number of nitrogens with two attached hydrogens (primary N) is 1. The van der Waals surface area contributed by atoms with E-state index >= 15 is 0 Å². The van der Waals surface area contributed by atoms with Gasteiger partial charge in [0, 0.05) is 0 Å². The molecule has 1 aromatic carbocycles. The van der Waals surface area contributed by atoms with E-state index in [-0.39, 0.29) is 12.6 Å². The van der Waals surface area contributed by atoms with Gasteiger partial charge in [0.15, 0.2) is 0 Å². The largest absolute Gasteiger partial charge is 0.480 e. The number of carbonyl (C=O) groups is 1. The molecule has 5 nitrogen and oxygen atoms in total. The van der Waals surface area contributed by atoms with Gasteiger partial charge in [0.2, 0.25) is 0 Å². The second-order valence-electron chi connectivity index (χ2n) is 4.19. The van der Waals surface area contributed by atoms with Crippen LogP contribution in [0.1, 0.15) is 24.4 Å². The standard InChI is InChI=1S/C13H20N2O3/c14-11(13(17)18)7-4-8-15-12(9-16)10-5-2-1-3-6-10/h1-3,5-6,11-12,15-16H,4,7-9,14H2,(H,17,18). The van der Waals surface area contributed by atoms with E-state index in [1.54, 1.807) is 0 Å². The highest BCUT2D eigenvalue weighted by Gasteiger charge is 2.12. The zero-order chi connectivity index (χ0) is 13.4. The van der Waals surface area contributed by atoms with Crippen LogP contribution in [0.4, 0.5) is 0 Å². The van der Waals surface area contributed by atoms with Gasteiger partial charge in [-0.2, -0.15) is 0 Å². The zero-order valence-electron chi connectivity index (χ0n) is 10.2. The Balaban J connectivity index is 2.31. The van der Waals surface area contributed by atoms with Crippen molar-refractivity contribution in [1.29, 1.82) is 0 Å². The fourth-order valence-electron chi connectivity index (χ4n) is 1.69. The monoisotopic (exact) mass is 252 g/mol. The first-order valence-electron chi connectivity index (χ1n) is 6.02. The summed E-state index contributed by atoms with van der Waals surface area (Å²) in [5.74, 6) is -0.975. The maximum Gasteiger partial charge on any atom is 0.320 e. The first kappa shape index (κ1) is 14.6. The summed E-state index contributed by atoms with van der Waals surface area (Å²) >= 11 is 0. The molecule has 1 rings (SSSR count). The Morgan fingerprint density at radius 2 is 2.00 bits per heavy atom. The molecular weight excluding hydrogens is 232 g/mol. The summed E-state index contributed by atoms with van der Waals surface area (Å²) in [6.07, 6.45) is 1.09. The van der Waals surface area contributed by atoms with Crippen molar-refractivity contribution < 1.29 is 15.0 Å². The fraction of sp³-hybridized carbons (Fsp3) is 0.462. The summed E-state index contributed by atoms with van der Waals surface area (Å²) in [5.41, 5.74) is 6.42. The van der Waals surface area contributed by atoms with Crippen molar-refractivity contribution in [3.05, 3.63) is 35.9 Å². The number of hydrogen-bond acceptors (Lipinski definition) is 4. The van der Waals surface area contributed by atoms with Gasteiger partial charge in [-0.05, 0) is 24.9 Å². The summed E-state index contributed by atoms with van der Waals surface area (Å²) in [7, 11) is 0. The zero-order valence-corrected chi connectivity index (χ0v) is 10.2. The number of aliphatic carboxylic acids is 1. The molecule has 5 N–H and O–H groups in total. The van der Waals surface area contributed by atoms with Crippen LogP contribution >= 0.6 is 0 Å². The number of nitrogens with one attached hydrogen (secondary N) is 1. The van der Waals surface area contributed by atoms with E-state index in [9.17, 15) is 9.90 Å². The van der Waals surface area contributed by atoms with Crippen molar-refractivity contribution in [2.24, 2.45) is 5.73 Å². The van der Waals surface area contributed by atoms with Crippen molar-refractivity contribution in [2.45, 2.75) is 24.9 Å². The van der Waals surface area contributed by atoms with Crippen LogP contribution in [0.2, 0.25) is 0 Å². The molecule has 0 aliphatic rings. The van der Waals surface area contributed by atoms with Crippen LogP contribution < -0.4 is 11.1 Å². The number of carboxylic acid groups (broad SMARTS) is 1. The molecule has 0 heterocycles. The first-order chi connectivity index (χ1) is 8.65. The second-order valence-corrected chi connectivity index (χ2v) is 4.19. The van der Waals surface area contributed by atoms with Crippen LogP contribution in [-0.2, 0) is 4.79 Å². The summed E-state index contributed by atoms with van der Waals surface area (Å²) < 4.78 is 0. The molecule has 5 heteroatoms. The van der Waals surface area contributed by atoms with Crippen molar-refractivity contribution in [2.75, 3.05) is 13.2 Å². The molecule has 0 aliphatic carbocycles. The lowest BCUT2D eigenvalue weighted by Crippen LogP contribution is -2.32. The third kappa shape index (κ3) is 4.83. The fourth-order valence-corrected chi connectivity index (χ4v) is 1.69. The molecule has 0 amide bonds.